The fourth-order valence-electron chi connectivity index (χ4n) is 1.17. The van der Waals surface area contributed by atoms with Crippen molar-refractivity contribution in [3.8, 4) is 0 Å². The Labute approximate surface area is 98.1 Å². The monoisotopic (exact) mass is 231 g/mol. The van der Waals surface area contributed by atoms with Crippen molar-refractivity contribution in [3.05, 3.63) is 0 Å². The van der Waals surface area contributed by atoms with Crippen molar-refractivity contribution >= 4 is 5.91 Å². The summed E-state index contributed by atoms with van der Waals surface area (Å²) in [7, 11) is 0. The third kappa shape index (κ3) is 6.80. The van der Waals surface area contributed by atoms with Crippen LogP contribution < -0.4 is 5.32 Å². The molecule has 0 aliphatic rings. The number of aliphatic hydroxyl groups excluding tert-OH is 2. The standard InChI is InChI=1S/C12H25NO3/c1-9(12(2,3)4)5-6-11(16)13-7-10(15)8-14/h9-10,14-15H,5-8H2,1-4H3,(H,13,16). The van der Waals surface area contributed by atoms with E-state index in [1.54, 1.807) is 0 Å². The van der Waals surface area contributed by atoms with Crippen molar-refractivity contribution in [1.29, 1.82) is 0 Å². The second-order valence-electron chi connectivity index (χ2n) is 5.45. The van der Waals surface area contributed by atoms with Crippen LogP contribution in [0.25, 0.3) is 0 Å². The molecule has 0 rings (SSSR count). The van der Waals surface area contributed by atoms with E-state index in [1.165, 1.54) is 0 Å². The third-order valence-electron chi connectivity index (χ3n) is 3.03. The molecule has 1 amide bonds. The molecule has 0 radical (unpaired) electrons. The zero-order chi connectivity index (χ0) is 12.8. The lowest BCUT2D eigenvalue weighted by Crippen LogP contribution is -2.34. The Morgan fingerprint density at radius 2 is 1.94 bits per heavy atom. The van der Waals surface area contributed by atoms with Crippen LogP contribution in [0.2, 0.25) is 0 Å². The molecule has 0 spiro atoms. The molecule has 0 bridgehead atoms. The summed E-state index contributed by atoms with van der Waals surface area (Å²) < 4.78 is 0. The number of nitrogens with one attached hydrogen (secondary N) is 1. The number of carbonyl (C=O) groups excluding carboxylic acids is 1. The van der Waals surface area contributed by atoms with E-state index in [0.29, 0.717) is 12.3 Å². The lowest BCUT2D eigenvalue weighted by atomic mass is 9.79. The quantitative estimate of drug-likeness (QED) is 0.636. The molecule has 0 aromatic heterocycles. The van der Waals surface area contributed by atoms with Crippen LogP contribution in [0.4, 0.5) is 0 Å². The molecule has 0 saturated carbocycles. The molecule has 0 aliphatic carbocycles. The van der Waals surface area contributed by atoms with Gasteiger partial charge in [0, 0.05) is 13.0 Å². The van der Waals surface area contributed by atoms with Crippen molar-refractivity contribution in [3.63, 3.8) is 0 Å². The molecular formula is C12H25NO3. The fourth-order valence-corrected chi connectivity index (χ4v) is 1.17. The van der Waals surface area contributed by atoms with Gasteiger partial charge < -0.3 is 15.5 Å². The molecule has 0 aromatic rings. The predicted octanol–water partition coefficient (Wildman–Crippen LogP) is 0.918. The van der Waals surface area contributed by atoms with Crippen molar-refractivity contribution in [1.82, 2.24) is 5.32 Å². The first kappa shape index (κ1) is 15.4. The average Bonchev–Trinajstić information content (AvgIpc) is 2.20. The van der Waals surface area contributed by atoms with Gasteiger partial charge in [-0.2, -0.15) is 0 Å². The summed E-state index contributed by atoms with van der Waals surface area (Å²) in [5, 5.41) is 20.2. The van der Waals surface area contributed by atoms with Gasteiger partial charge in [0.15, 0.2) is 0 Å². The molecule has 0 saturated heterocycles. The number of carbonyl (C=O) groups is 1. The highest BCUT2D eigenvalue weighted by molar-refractivity contribution is 5.75. The van der Waals surface area contributed by atoms with Crippen LogP contribution in [0, 0.1) is 11.3 Å². The maximum Gasteiger partial charge on any atom is 0.220 e. The molecule has 0 fully saturated rings. The Kier molecular flexibility index (Phi) is 6.60. The lowest BCUT2D eigenvalue weighted by Gasteiger charge is -2.26. The zero-order valence-electron chi connectivity index (χ0n) is 10.8. The van der Waals surface area contributed by atoms with Crippen LogP contribution in [-0.2, 0) is 4.79 Å². The van der Waals surface area contributed by atoms with E-state index in [4.69, 9.17) is 10.2 Å². The van der Waals surface area contributed by atoms with E-state index in [1.807, 2.05) is 0 Å². The van der Waals surface area contributed by atoms with Crippen molar-refractivity contribution in [2.45, 2.75) is 46.6 Å². The fraction of sp³-hybridized carbons (Fsp3) is 0.917. The lowest BCUT2D eigenvalue weighted by molar-refractivity contribution is -0.122. The summed E-state index contributed by atoms with van der Waals surface area (Å²) in [5.74, 6) is 0.407. The topological polar surface area (TPSA) is 69.6 Å². The van der Waals surface area contributed by atoms with Gasteiger partial charge in [0.25, 0.3) is 0 Å². The zero-order valence-corrected chi connectivity index (χ0v) is 10.8. The molecule has 4 heteroatoms. The van der Waals surface area contributed by atoms with Gasteiger partial charge in [0.1, 0.15) is 0 Å². The minimum absolute atomic E-state index is 0.0661. The molecule has 4 nitrogen and oxygen atoms in total. The molecule has 16 heavy (non-hydrogen) atoms. The Hall–Kier alpha value is -0.610. The highest BCUT2D eigenvalue weighted by Crippen LogP contribution is 2.28. The Bertz CT molecular complexity index is 211. The first-order chi connectivity index (χ1) is 7.27. The Balaban J connectivity index is 3.74. The summed E-state index contributed by atoms with van der Waals surface area (Å²) in [4.78, 5) is 11.4. The second kappa shape index (κ2) is 6.86. The van der Waals surface area contributed by atoms with E-state index in [0.717, 1.165) is 6.42 Å². The number of hydrogen-bond donors (Lipinski definition) is 3. The molecule has 3 N–H and O–H groups in total. The summed E-state index contributed by atoms with van der Waals surface area (Å²) in [6.45, 7) is 8.41. The van der Waals surface area contributed by atoms with Crippen LogP contribution in [0.15, 0.2) is 0 Å². The SMILES string of the molecule is CC(CCC(=O)NCC(O)CO)C(C)(C)C. The van der Waals surface area contributed by atoms with Crippen LogP contribution in [0.1, 0.15) is 40.5 Å². The van der Waals surface area contributed by atoms with Gasteiger partial charge in [-0.1, -0.05) is 27.7 Å². The number of rotatable bonds is 6. The van der Waals surface area contributed by atoms with E-state index >= 15 is 0 Å². The van der Waals surface area contributed by atoms with E-state index in [2.05, 4.69) is 33.0 Å². The Morgan fingerprint density at radius 3 is 2.38 bits per heavy atom. The maximum absolute atomic E-state index is 11.4. The first-order valence-corrected chi connectivity index (χ1v) is 5.83. The van der Waals surface area contributed by atoms with E-state index < -0.39 is 6.10 Å². The minimum Gasteiger partial charge on any atom is -0.394 e. The van der Waals surface area contributed by atoms with Gasteiger partial charge in [-0.15, -0.1) is 0 Å². The smallest absolute Gasteiger partial charge is 0.220 e. The Morgan fingerprint density at radius 1 is 1.38 bits per heavy atom. The number of amides is 1. The van der Waals surface area contributed by atoms with Gasteiger partial charge in [-0.25, -0.2) is 0 Å². The van der Waals surface area contributed by atoms with Gasteiger partial charge in [0.05, 0.1) is 12.7 Å². The summed E-state index contributed by atoms with van der Waals surface area (Å²) >= 11 is 0. The molecule has 0 aliphatic heterocycles. The summed E-state index contributed by atoms with van der Waals surface area (Å²) in [6.07, 6.45) is 0.449. The molecule has 2 unspecified atom stereocenters. The maximum atomic E-state index is 11.4. The average molecular weight is 231 g/mol. The highest BCUT2D eigenvalue weighted by Gasteiger charge is 2.20. The summed E-state index contributed by atoms with van der Waals surface area (Å²) in [5.41, 5.74) is 0.213. The first-order valence-electron chi connectivity index (χ1n) is 5.83. The van der Waals surface area contributed by atoms with Crippen molar-refractivity contribution < 1.29 is 15.0 Å². The molecule has 0 heterocycles. The van der Waals surface area contributed by atoms with Crippen LogP contribution >= 0.6 is 0 Å². The second-order valence-corrected chi connectivity index (χ2v) is 5.45. The van der Waals surface area contributed by atoms with Crippen LogP contribution in [0.3, 0.4) is 0 Å². The van der Waals surface area contributed by atoms with Crippen LogP contribution in [0.5, 0.6) is 0 Å². The minimum atomic E-state index is -0.857. The van der Waals surface area contributed by atoms with E-state index in [9.17, 15) is 4.79 Å². The third-order valence-corrected chi connectivity index (χ3v) is 3.03. The van der Waals surface area contributed by atoms with Crippen molar-refractivity contribution in [2.75, 3.05) is 13.2 Å². The van der Waals surface area contributed by atoms with E-state index in [-0.39, 0.29) is 24.5 Å². The molecule has 96 valence electrons. The predicted molar refractivity (Wildman–Crippen MR) is 64.0 cm³/mol. The normalized spacial score (nSPS) is 15.6. The number of hydrogen-bond acceptors (Lipinski definition) is 3. The number of aliphatic hydroxyl groups is 2. The van der Waals surface area contributed by atoms with Crippen LogP contribution in [-0.4, -0.2) is 35.4 Å². The summed E-state index contributed by atoms with van der Waals surface area (Å²) in [6, 6.07) is 0. The van der Waals surface area contributed by atoms with Gasteiger partial charge in [0.2, 0.25) is 5.91 Å². The molecule has 0 aromatic carbocycles. The molecular weight excluding hydrogens is 206 g/mol. The van der Waals surface area contributed by atoms with Gasteiger partial charge >= 0.3 is 0 Å². The van der Waals surface area contributed by atoms with Gasteiger partial charge in [-0.05, 0) is 17.8 Å². The van der Waals surface area contributed by atoms with Crippen molar-refractivity contribution in [2.24, 2.45) is 11.3 Å². The van der Waals surface area contributed by atoms with Gasteiger partial charge in [-0.3, -0.25) is 4.79 Å². The highest BCUT2D eigenvalue weighted by atomic mass is 16.3. The molecule has 2 atom stereocenters. The largest absolute Gasteiger partial charge is 0.394 e.